The number of hydrogen-bond donors (Lipinski definition) is 3. The zero-order chi connectivity index (χ0) is 28.8. The summed E-state index contributed by atoms with van der Waals surface area (Å²) in [5.41, 5.74) is 9.16. The normalized spacial score (nSPS) is 13.3. The summed E-state index contributed by atoms with van der Waals surface area (Å²) in [5, 5.41) is 16.2. The SMILES string of the molecule is C.C=CCOC(=O)c1ccc2c(c1C)CC[C@@H]2NC(=O)c1cc(C(=O)O)nc2ncnn12.NCc1ccc(F)cc1. The van der Waals surface area contributed by atoms with Crippen LogP contribution in [0.1, 0.15) is 73.5 Å². The summed E-state index contributed by atoms with van der Waals surface area (Å²) < 4.78 is 18.5. The summed E-state index contributed by atoms with van der Waals surface area (Å²) in [6, 6.07) is 10.5. The minimum Gasteiger partial charge on any atom is -0.477 e. The molecule has 0 radical (unpaired) electrons. The molecular formula is C29H31FN6O5. The Morgan fingerprint density at radius 3 is 2.63 bits per heavy atom. The maximum absolute atomic E-state index is 13.0. The Bertz CT molecular complexity index is 1580. The predicted octanol–water partition coefficient (Wildman–Crippen LogP) is 3.81. The van der Waals surface area contributed by atoms with Crippen LogP contribution in [0.2, 0.25) is 0 Å². The second-order valence-corrected chi connectivity index (χ2v) is 8.89. The lowest BCUT2D eigenvalue weighted by molar-refractivity contribution is 0.0548. The van der Waals surface area contributed by atoms with Crippen molar-refractivity contribution in [1.29, 1.82) is 0 Å². The van der Waals surface area contributed by atoms with Gasteiger partial charge in [0.1, 0.15) is 24.4 Å². The highest BCUT2D eigenvalue weighted by molar-refractivity contribution is 5.96. The first-order valence-electron chi connectivity index (χ1n) is 12.3. The highest BCUT2D eigenvalue weighted by Gasteiger charge is 2.29. The number of carboxylic acid groups (broad SMARTS) is 1. The molecule has 0 spiro atoms. The van der Waals surface area contributed by atoms with Crippen molar-refractivity contribution in [1.82, 2.24) is 24.9 Å². The van der Waals surface area contributed by atoms with Crippen LogP contribution in [0.3, 0.4) is 0 Å². The van der Waals surface area contributed by atoms with Gasteiger partial charge in [-0.05, 0) is 60.2 Å². The molecule has 12 heteroatoms. The molecule has 4 N–H and O–H groups in total. The maximum Gasteiger partial charge on any atom is 0.354 e. The third-order valence-corrected chi connectivity index (χ3v) is 6.40. The van der Waals surface area contributed by atoms with Crippen molar-refractivity contribution >= 4 is 23.6 Å². The Balaban J connectivity index is 0.000000396. The Hall–Kier alpha value is -4.97. The van der Waals surface area contributed by atoms with Crippen LogP contribution < -0.4 is 11.1 Å². The molecule has 41 heavy (non-hydrogen) atoms. The molecule has 0 unspecified atom stereocenters. The van der Waals surface area contributed by atoms with Crippen LogP contribution in [-0.2, 0) is 17.7 Å². The number of fused-ring (bicyclic) bond motifs is 2. The van der Waals surface area contributed by atoms with Crippen molar-refractivity contribution in [2.24, 2.45) is 5.73 Å². The number of amides is 1. The van der Waals surface area contributed by atoms with Crippen LogP contribution in [0.25, 0.3) is 5.78 Å². The lowest BCUT2D eigenvalue weighted by Gasteiger charge is -2.16. The quantitative estimate of drug-likeness (QED) is 0.225. The number of esters is 1. The summed E-state index contributed by atoms with van der Waals surface area (Å²) in [7, 11) is 0. The molecule has 1 aliphatic carbocycles. The molecule has 214 valence electrons. The number of benzene rings is 2. The first kappa shape index (κ1) is 30.6. The van der Waals surface area contributed by atoms with Gasteiger partial charge in [-0.1, -0.05) is 38.3 Å². The van der Waals surface area contributed by atoms with E-state index in [9.17, 15) is 23.9 Å². The van der Waals surface area contributed by atoms with E-state index >= 15 is 0 Å². The zero-order valence-electron chi connectivity index (χ0n) is 21.6. The number of carbonyl (C=O) groups excluding carboxylic acids is 2. The minimum absolute atomic E-state index is 0. The van der Waals surface area contributed by atoms with Gasteiger partial charge in [0.15, 0.2) is 5.69 Å². The summed E-state index contributed by atoms with van der Waals surface area (Å²) in [5.74, 6) is -2.37. The van der Waals surface area contributed by atoms with Gasteiger partial charge >= 0.3 is 11.9 Å². The van der Waals surface area contributed by atoms with E-state index in [1.165, 1.54) is 35.1 Å². The van der Waals surface area contributed by atoms with E-state index in [0.29, 0.717) is 24.9 Å². The van der Waals surface area contributed by atoms with Crippen molar-refractivity contribution in [3.05, 3.63) is 106 Å². The van der Waals surface area contributed by atoms with E-state index in [2.05, 4.69) is 27.0 Å². The molecule has 2 aromatic heterocycles. The van der Waals surface area contributed by atoms with Crippen molar-refractivity contribution in [3.63, 3.8) is 0 Å². The topological polar surface area (TPSA) is 162 Å². The summed E-state index contributed by atoms with van der Waals surface area (Å²) in [4.78, 5) is 44.3. The molecule has 0 aliphatic heterocycles. The molecule has 2 heterocycles. The number of nitrogens with two attached hydrogens (primary N) is 1. The van der Waals surface area contributed by atoms with E-state index in [-0.39, 0.29) is 43.1 Å². The lowest BCUT2D eigenvalue weighted by Crippen LogP contribution is -2.29. The molecule has 4 aromatic rings. The number of rotatable bonds is 7. The number of halogens is 1. The average molecular weight is 563 g/mol. The number of nitrogens with zero attached hydrogens (tertiary/aromatic N) is 4. The first-order valence-corrected chi connectivity index (χ1v) is 12.3. The number of nitrogens with one attached hydrogen (secondary N) is 1. The number of aromatic nitrogens is 4. The Morgan fingerprint density at radius 2 is 1.98 bits per heavy atom. The number of ether oxygens (including phenoxy) is 1. The van der Waals surface area contributed by atoms with Gasteiger partial charge in [-0.3, -0.25) is 4.79 Å². The van der Waals surface area contributed by atoms with Gasteiger partial charge in [-0.15, -0.1) is 0 Å². The summed E-state index contributed by atoms with van der Waals surface area (Å²) >= 11 is 0. The Morgan fingerprint density at radius 1 is 1.24 bits per heavy atom. The molecular weight excluding hydrogens is 531 g/mol. The van der Waals surface area contributed by atoms with Crippen molar-refractivity contribution in [2.75, 3.05) is 6.61 Å². The van der Waals surface area contributed by atoms with Gasteiger partial charge in [0, 0.05) is 12.6 Å². The fraction of sp³-hybridized carbons (Fsp3) is 0.241. The lowest BCUT2D eigenvalue weighted by atomic mass is 9.98. The molecule has 1 atom stereocenters. The number of carbonyl (C=O) groups is 3. The Labute approximate surface area is 235 Å². The molecule has 0 saturated heterocycles. The third kappa shape index (κ3) is 6.79. The minimum atomic E-state index is -1.27. The molecule has 1 amide bonds. The van der Waals surface area contributed by atoms with E-state index in [1.807, 2.05) is 13.0 Å². The average Bonchev–Trinajstić information content (AvgIpc) is 3.59. The Kier molecular flexibility index (Phi) is 9.99. The van der Waals surface area contributed by atoms with Gasteiger partial charge in [-0.2, -0.15) is 14.6 Å². The van der Waals surface area contributed by atoms with Crippen LogP contribution in [0.4, 0.5) is 4.39 Å². The van der Waals surface area contributed by atoms with E-state index in [4.69, 9.17) is 10.5 Å². The highest BCUT2D eigenvalue weighted by atomic mass is 19.1. The molecule has 0 saturated carbocycles. The molecule has 5 rings (SSSR count). The predicted molar refractivity (Wildman–Crippen MR) is 149 cm³/mol. The van der Waals surface area contributed by atoms with Gasteiger partial charge in [-0.25, -0.2) is 19.0 Å². The molecule has 0 fully saturated rings. The largest absolute Gasteiger partial charge is 0.477 e. The van der Waals surface area contributed by atoms with Crippen LogP contribution in [0.15, 0.2) is 61.4 Å². The molecule has 2 aromatic carbocycles. The van der Waals surface area contributed by atoms with Crippen molar-refractivity contribution in [2.45, 2.75) is 39.8 Å². The van der Waals surface area contributed by atoms with E-state index in [1.54, 1.807) is 18.2 Å². The van der Waals surface area contributed by atoms with Gasteiger partial charge in [0.2, 0.25) is 0 Å². The van der Waals surface area contributed by atoms with Crippen LogP contribution in [-0.4, -0.2) is 49.1 Å². The number of aromatic carboxylic acids is 1. The fourth-order valence-electron chi connectivity index (χ4n) is 4.40. The maximum atomic E-state index is 13.0. The van der Waals surface area contributed by atoms with Crippen LogP contribution in [0, 0.1) is 12.7 Å². The number of carboxylic acids is 1. The van der Waals surface area contributed by atoms with Gasteiger partial charge in [0.25, 0.3) is 11.7 Å². The first-order chi connectivity index (χ1) is 19.2. The van der Waals surface area contributed by atoms with Gasteiger partial charge < -0.3 is 20.9 Å². The fourth-order valence-corrected chi connectivity index (χ4v) is 4.40. The summed E-state index contributed by atoms with van der Waals surface area (Å²) in [6.07, 6.45) is 4.04. The standard InChI is InChI=1S/C21H19N5O5.C7H8FN.CH4/c1-3-8-31-20(30)13-4-5-14-12(11(13)2)6-7-15(14)24-18(27)17-9-16(19(28)29)25-21-22-10-23-26(17)21;8-7-3-1-6(5-9)2-4-7;/h3-5,9-10,15H,1,6-8H2,2H3,(H,24,27)(H,28,29);1-4H,5,9H2;1H4/t15-;;/m0../s1. The highest BCUT2D eigenvalue weighted by Crippen LogP contribution is 2.35. The zero-order valence-corrected chi connectivity index (χ0v) is 21.6. The smallest absolute Gasteiger partial charge is 0.354 e. The monoisotopic (exact) mass is 562 g/mol. The summed E-state index contributed by atoms with van der Waals surface area (Å²) in [6.45, 7) is 6.00. The van der Waals surface area contributed by atoms with Crippen LogP contribution in [0.5, 0.6) is 0 Å². The second-order valence-electron chi connectivity index (χ2n) is 8.89. The van der Waals surface area contributed by atoms with E-state index in [0.717, 1.165) is 22.3 Å². The van der Waals surface area contributed by atoms with E-state index < -0.39 is 17.8 Å². The third-order valence-electron chi connectivity index (χ3n) is 6.40. The van der Waals surface area contributed by atoms with Crippen molar-refractivity contribution in [3.8, 4) is 0 Å². The molecule has 0 bridgehead atoms. The second kappa shape index (κ2) is 13.4. The molecule has 11 nitrogen and oxygen atoms in total. The van der Waals surface area contributed by atoms with Gasteiger partial charge in [0.05, 0.1) is 11.6 Å². The van der Waals surface area contributed by atoms with Crippen molar-refractivity contribution < 1.29 is 28.6 Å². The van der Waals surface area contributed by atoms with Crippen LogP contribution >= 0.6 is 0 Å². The molecule has 1 aliphatic rings. The number of hydrogen-bond acceptors (Lipinski definition) is 8.